The van der Waals surface area contributed by atoms with Crippen LogP contribution in [-0.2, 0) is 0 Å². The van der Waals surface area contributed by atoms with Crippen LogP contribution < -0.4 is 4.74 Å². The van der Waals surface area contributed by atoms with Gasteiger partial charge in [-0.3, -0.25) is 0 Å². The molecule has 1 saturated carbocycles. The van der Waals surface area contributed by atoms with Gasteiger partial charge in [-0.2, -0.15) is 0 Å². The van der Waals surface area contributed by atoms with Crippen LogP contribution in [0.25, 0.3) is 0 Å². The molecule has 1 aliphatic heterocycles. The summed E-state index contributed by atoms with van der Waals surface area (Å²) in [5.74, 6) is 2.75. The molecule has 3 heteroatoms. The van der Waals surface area contributed by atoms with Crippen molar-refractivity contribution < 1.29 is 4.74 Å². The number of ether oxygens (including phenoxy) is 1. The average Bonchev–Trinajstić information content (AvgIpc) is 3.24. The predicted octanol–water partition coefficient (Wildman–Crippen LogP) is 3.95. The van der Waals surface area contributed by atoms with Crippen molar-refractivity contribution in [2.75, 3.05) is 26.2 Å². The largest absolute Gasteiger partial charge is 0.493 e. The molecule has 1 aromatic carbocycles. The summed E-state index contributed by atoms with van der Waals surface area (Å²) in [6.45, 7) is 4.76. The molecule has 1 aromatic rings. The number of nitrogens with zero attached hydrogens (tertiary/aromatic N) is 1. The molecule has 1 aliphatic carbocycles. The maximum atomic E-state index is 5.89. The second kappa shape index (κ2) is 6.27. The normalized spacial score (nSPS) is 21.5. The van der Waals surface area contributed by atoms with E-state index in [0.29, 0.717) is 0 Å². The SMILES string of the molecule is Brc1ccc(OCC2CCN(CC3CC3)CC2)cc1. The second-order valence-electron chi connectivity index (χ2n) is 5.95. The Hall–Kier alpha value is -0.540. The van der Waals surface area contributed by atoms with Crippen molar-refractivity contribution in [2.24, 2.45) is 11.8 Å². The number of hydrogen-bond donors (Lipinski definition) is 0. The van der Waals surface area contributed by atoms with Gasteiger partial charge in [-0.05, 0) is 74.9 Å². The summed E-state index contributed by atoms with van der Waals surface area (Å²) in [5, 5.41) is 0. The first-order valence-electron chi connectivity index (χ1n) is 7.40. The summed E-state index contributed by atoms with van der Waals surface area (Å²) in [7, 11) is 0. The zero-order chi connectivity index (χ0) is 13.1. The third-order valence-electron chi connectivity index (χ3n) is 4.22. The fraction of sp³-hybridized carbons (Fsp3) is 0.625. The molecule has 0 N–H and O–H groups in total. The molecule has 1 saturated heterocycles. The van der Waals surface area contributed by atoms with E-state index in [1.807, 2.05) is 24.3 Å². The van der Waals surface area contributed by atoms with Gasteiger partial charge in [0.1, 0.15) is 5.75 Å². The lowest BCUT2D eigenvalue weighted by Crippen LogP contribution is -2.36. The molecule has 0 bridgehead atoms. The summed E-state index contributed by atoms with van der Waals surface area (Å²) < 4.78 is 6.99. The molecule has 3 rings (SSSR count). The number of piperidine rings is 1. The lowest BCUT2D eigenvalue weighted by molar-refractivity contribution is 0.138. The van der Waals surface area contributed by atoms with Crippen molar-refractivity contribution in [3.05, 3.63) is 28.7 Å². The van der Waals surface area contributed by atoms with Crippen LogP contribution in [0.4, 0.5) is 0 Å². The average molecular weight is 324 g/mol. The molecule has 0 spiro atoms. The van der Waals surface area contributed by atoms with Gasteiger partial charge in [0.25, 0.3) is 0 Å². The van der Waals surface area contributed by atoms with E-state index in [-0.39, 0.29) is 0 Å². The standard InChI is InChI=1S/C16H22BrNO/c17-15-3-5-16(6-4-15)19-12-14-7-9-18(10-8-14)11-13-1-2-13/h3-6,13-14H,1-2,7-12H2. The maximum absolute atomic E-state index is 5.89. The van der Waals surface area contributed by atoms with Gasteiger partial charge in [0.15, 0.2) is 0 Å². The molecule has 0 radical (unpaired) electrons. The fourth-order valence-electron chi connectivity index (χ4n) is 2.75. The Balaban J connectivity index is 1.38. The molecule has 2 aliphatic rings. The quantitative estimate of drug-likeness (QED) is 0.813. The third-order valence-corrected chi connectivity index (χ3v) is 4.75. The lowest BCUT2D eigenvalue weighted by Gasteiger charge is -2.31. The Morgan fingerprint density at radius 3 is 2.32 bits per heavy atom. The van der Waals surface area contributed by atoms with Crippen molar-refractivity contribution in [1.82, 2.24) is 4.90 Å². The molecular formula is C16H22BrNO. The molecule has 104 valence electrons. The minimum absolute atomic E-state index is 0.735. The van der Waals surface area contributed by atoms with Gasteiger partial charge in [0, 0.05) is 11.0 Å². The second-order valence-corrected chi connectivity index (χ2v) is 6.87. The zero-order valence-corrected chi connectivity index (χ0v) is 12.9. The van der Waals surface area contributed by atoms with Gasteiger partial charge in [-0.25, -0.2) is 0 Å². The third kappa shape index (κ3) is 4.22. The van der Waals surface area contributed by atoms with E-state index in [9.17, 15) is 0 Å². The minimum Gasteiger partial charge on any atom is -0.493 e. The first-order valence-corrected chi connectivity index (χ1v) is 8.19. The van der Waals surface area contributed by atoms with E-state index in [2.05, 4.69) is 20.8 Å². The number of hydrogen-bond acceptors (Lipinski definition) is 2. The first-order chi connectivity index (χ1) is 9.29. The minimum atomic E-state index is 0.735. The lowest BCUT2D eigenvalue weighted by atomic mass is 9.97. The van der Waals surface area contributed by atoms with Crippen LogP contribution in [0.15, 0.2) is 28.7 Å². The van der Waals surface area contributed by atoms with Crippen LogP contribution in [-0.4, -0.2) is 31.1 Å². The van der Waals surface area contributed by atoms with Crippen molar-refractivity contribution in [2.45, 2.75) is 25.7 Å². The highest BCUT2D eigenvalue weighted by molar-refractivity contribution is 9.10. The van der Waals surface area contributed by atoms with Crippen LogP contribution in [0, 0.1) is 11.8 Å². The number of halogens is 1. The van der Waals surface area contributed by atoms with Crippen molar-refractivity contribution in [3.63, 3.8) is 0 Å². The summed E-state index contributed by atoms with van der Waals surface area (Å²) in [6, 6.07) is 8.14. The van der Waals surface area contributed by atoms with Crippen molar-refractivity contribution in [1.29, 1.82) is 0 Å². The Morgan fingerprint density at radius 1 is 1.00 bits per heavy atom. The van der Waals surface area contributed by atoms with Gasteiger partial charge in [0.05, 0.1) is 6.61 Å². The molecule has 2 nitrogen and oxygen atoms in total. The Bertz CT molecular complexity index is 394. The van der Waals surface area contributed by atoms with E-state index in [1.165, 1.54) is 45.3 Å². The number of likely N-dealkylation sites (tertiary alicyclic amines) is 1. The Labute approximate surface area is 124 Å². The summed E-state index contributed by atoms with van der Waals surface area (Å²) in [4.78, 5) is 2.65. The Morgan fingerprint density at radius 2 is 1.68 bits per heavy atom. The molecular weight excluding hydrogens is 302 g/mol. The van der Waals surface area contributed by atoms with E-state index >= 15 is 0 Å². The van der Waals surface area contributed by atoms with Crippen molar-refractivity contribution in [3.8, 4) is 5.75 Å². The monoisotopic (exact) mass is 323 g/mol. The zero-order valence-electron chi connectivity index (χ0n) is 11.4. The molecule has 0 amide bonds. The highest BCUT2D eigenvalue weighted by Crippen LogP contribution is 2.31. The molecule has 0 aromatic heterocycles. The van der Waals surface area contributed by atoms with E-state index in [4.69, 9.17) is 4.74 Å². The maximum Gasteiger partial charge on any atom is 0.119 e. The van der Waals surface area contributed by atoms with Crippen LogP contribution in [0.2, 0.25) is 0 Å². The topological polar surface area (TPSA) is 12.5 Å². The number of rotatable bonds is 5. The highest BCUT2D eigenvalue weighted by atomic mass is 79.9. The van der Waals surface area contributed by atoms with Gasteiger partial charge < -0.3 is 9.64 Å². The Kier molecular flexibility index (Phi) is 4.44. The molecule has 0 unspecified atom stereocenters. The number of benzene rings is 1. The molecule has 2 fully saturated rings. The van der Waals surface area contributed by atoms with Crippen LogP contribution >= 0.6 is 15.9 Å². The van der Waals surface area contributed by atoms with Crippen LogP contribution in [0.3, 0.4) is 0 Å². The first kappa shape index (κ1) is 13.4. The van der Waals surface area contributed by atoms with E-state index in [0.717, 1.165) is 28.7 Å². The summed E-state index contributed by atoms with van der Waals surface area (Å²) >= 11 is 3.44. The summed E-state index contributed by atoms with van der Waals surface area (Å²) in [5.41, 5.74) is 0. The summed E-state index contributed by atoms with van der Waals surface area (Å²) in [6.07, 6.45) is 5.52. The molecule has 19 heavy (non-hydrogen) atoms. The molecule has 1 heterocycles. The highest BCUT2D eigenvalue weighted by Gasteiger charge is 2.27. The van der Waals surface area contributed by atoms with Crippen LogP contribution in [0.1, 0.15) is 25.7 Å². The van der Waals surface area contributed by atoms with Gasteiger partial charge in [-0.15, -0.1) is 0 Å². The van der Waals surface area contributed by atoms with E-state index in [1.54, 1.807) is 0 Å². The fourth-order valence-corrected chi connectivity index (χ4v) is 3.01. The van der Waals surface area contributed by atoms with Gasteiger partial charge in [0.2, 0.25) is 0 Å². The van der Waals surface area contributed by atoms with Crippen LogP contribution in [0.5, 0.6) is 5.75 Å². The molecule has 0 atom stereocenters. The predicted molar refractivity (Wildman–Crippen MR) is 81.5 cm³/mol. The van der Waals surface area contributed by atoms with E-state index < -0.39 is 0 Å². The van der Waals surface area contributed by atoms with Gasteiger partial charge >= 0.3 is 0 Å². The van der Waals surface area contributed by atoms with Gasteiger partial charge in [-0.1, -0.05) is 15.9 Å². The smallest absolute Gasteiger partial charge is 0.119 e. The van der Waals surface area contributed by atoms with Crippen molar-refractivity contribution >= 4 is 15.9 Å².